The van der Waals surface area contributed by atoms with Crippen LogP contribution in [0.2, 0.25) is 0 Å². The van der Waals surface area contributed by atoms with Gasteiger partial charge in [0.2, 0.25) is 5.95 Å². The first kappa shape index (κ1) is 14.0. The normalized spacial score (nSPS) is 10.5. The lowest BCUT2D eigenvalue weighted by atomic mass is 10.1. The van der Waals surface area contributed by atoms with Crippen molar-refractivity contribution in [2.24, 2.45) is 0 Å². The Balaban J connectivity index is 2.25. The van der Waals surface area contributed by atoms with Crippen molar-refractivity contribution in [3.05, 3.63) is 66.1 Å². The molecule has 5 heteroatoms. The maximum Gasteiger partial charge on any atom is 0.257 e. The predicted molar refractivity (Wildman–Crippen MR) is 84.8 cm³/mol. The standard InChI is InChI=1S/C17H14FN3O/c1-19-17(22)14-15(20-11-7-3-2-4-8-11)12-9-5-6-10-13(12)21-16(14)18/h2-10H,1H3,(H,19,22)(H,20,21). The number of hydrogen-bond donors (Lipinski definition) is 2. The number of carbonyl (C=O) groups is 1. The fourth-order valence-electron chi connectivity index (χ4n) is 2.31. The predicted octanol–water partition coefficient (Wildman–Crippen LogP) is 3.48. The number of benzene rings is 2. The number of pyridine rings is 1. The number of aromatic nitrogens is 1. The molecule has 1 aromatic heterocycles. The van der Waals surface area contributed by atoms with E-state index in [0.717, 1.165) is 5.69 Å². The zero-order chi connectivity index (χ0) is 15.5. The van der Waals surface area contributed by atoms with E-state index < -0.39 is 11.9 Å². The molecule has 3 rings (SSSR count). The molecule has 0 aliphatic rings. The number of nitrogens with zero attached hydrogens (tertiary/aromatic N) is 1. The van der Waals surface area contributed by atoms with Crippen molar-refractivity contribution in [2.45, 2.75) is 0 Å². The van der Waals surface area contributed by atoms with Gasteiger partial charge in [-0.25, -0.2) is 4.98 Å². The molecule has 2 N–H and O–H groups in total. The van der Waals surface area contributed by atoms with Crippen molar-refractivity contribution in [3.8, 4) is 0 Å². The monoisotopic (exact) mass is 295 g/mol. The first-order valence-corrected chi connectivity index (χ1v) is 6.83. The van der Waals surface area contributed by atoms with Crippen LogP contribution in [0.5, 0.6) is 0 Å². The lowest BCUT2D eigenvalue weighted by Crippen LogP contribution is -2.21. The van der Waals surface area contributed by atoms with Gasteiger partial charge in [0.05, 0.1) is 11.2 Å². The van der Waals surface area contributed by atoms with Crippen LogP contribution in [0.3, 0.4) is 0 Å². The first-order valence-electron chi connectivity index (χ1n) is 6.83. The minimum absolute atomic E-state index is 0.0925. The van der Waals surface area contributed by atoms with Gasteiger partial charge in [-0.2, -0.15) is 4.39 Å². The third-order valence-electron chi connectivity index (χ3n) is 3.35. The van der Waals surface area contributed by atoms with Gasteiger partial charge in [-0.1, -0.05) is 36.4 Å². The molecule has 0 aliphatic heterocycles. The summed E-state index contributed by atoms with van der Waals surface area (Å²) in [4.78, 5) is 15.9. The number of nitrogens with one attached hydrogen (secondary N) is 2. The molecule has 0 fully saturated rings. The molecular formula is C17H14FN3O. The lowest BCUT2D eigenvalue weighted by molar-refractivity contribution is 0.0959. The maximum atomic E-state index is 14.3. The summed E-state index contributed by atoms with van der Waals surface area (Å²) in [5, 5.41) is 6.27. The zero-order valence-corrected chi connectivity index (χ0v) is 11.9. The van der Waals surface area contributed by atoms with Gasteiger partial charge in [-0.05, 0) is 18.2 Å². The minimum atomic E-state index is -0.795. The molecule has 2 aromatic carbocycles. The molecule has 0 unspecified atom stereocenters. The zero-order valence-electron chi connectivity index (χ0n) is 11.9. The number of amides is 1. The summed E-state index contributed by atoms with van der Waals surface area (Å²) in [6.07, 6.45) is 0. The Morgan fingerprint density at radius 2 is 1.73 bits per heavy atom. The number of para-hydroxylation sites is 2. The molecule has 110 valence electrons. The van der Waals surface area contributed by atoms with Crippen LogP contribution in [0, 0.1) is 5.95 Å². The maximum absolute atomic E-state index is 14.3. The number of carbonyl (C=O) groups excluding carboxylic acids is 1. The van der Waals surface area contributed by atoms with E-state index in [9.17, 15) is 9.18 Å². The van der Waals surface area contributed by atoms with Crippen LogP contribution >= 0.6 is 0 Å². The second-order valence-electron chi connectivity index (χ2n) is 4.74. The van der Waals surface area contributed by atoms with Crippen LogP contribution in [0.25, 0.3) is 10.9 Å². The molecule has 0 radical (unpaired) electrons. The third kappa shape index (κ3) is 2.48. The summed E-state index contributed by atoms with van der Waals surface area (Å²) in [7, 11) is 1.46. The van der Waals surface area contributed by atoms with Gasteiger partial charge >= 0.3 is 0 Å². The number of anilines is 2. The highest BCUT2D eigenvalue weighted by Crippen LogP contribution is 2.30. The molecule has 0 saturated carbocycles. The van der Waals surface area contributed by atoms with Crippen molar-refractivity contribution < 1.29 is 9.18 Å². The van der Waals surface area contributed by atoms with Crippen LogP contribution in [0.15, 0.2) is 54.6 Å². The van der Waals surface area contributed by atoms with Gasteiger partial charge in [0, 0.05) is 18.1 Å². The summed E-state index contributed by atoms with van der Waals surface area (Å²) < 4.78 is 14.3. The average Bonchev–Trinajstić information content (AvgIpc) is 2.55. The molecule has 0 aliphatic carbocycles. The van der Waals surface area contributed by atoms with Crippen LogP contribution in [0.1, 0.15) is 10.4 Å². The van der Waals surface area contributed by atoms with E-state index >= 15 is 0 Å². The van der Waals surface area contributed by atoms with E-state index in [4.69, 9.17) is 0 Å². The van der Waals surface area contributed by atoms with Crippen molar-refractivity contribution in [2.75, 3.05) is 12.4 Å². The van der Waals surface area contributed by atoms with Gasteiger partial charge in [0.25, 0.3) is 5.91 Å². The number of hydrogen-bond acceptors (Lipinski definition) is 3. The van der Waals surface area contributed by atoms with E-state index in [0.29, 0.717) is 16.6 Å². The van der Waals surface area contributed by atoms with Crippen LogP contribution in [-0.2, 0) is 0 Å². The summed E-state index contributed by atoms with van der Waals surface area (Å²) in [5.41, 5.74) is 1.58. The van der Waals surface area contributed by atoms with Crippen molar-refractivity contribution in [1.29, 1.82) is 0 Å². The highest BCUT2D eigenvalue weighted by atomic mass is 19.1. The Hall–Kier alpha value is -2.95. The minimum Gasteiger partial charge on any atom is -0.355 e. The van der Waals surface area contributed by atoms with Gasteiger partial charge in [-0.15, -0.1) is 0 Å². The Morgan fingerprint density at radius 3 is 2.45 bits per heavy atom. The van der Waals surface area contributed by atoms with E-state index in [-0.39, 0.29) is 5.56 Å². The molecule has 3 aromatic rings. The Labute approximate surface area is 127 Å². The highest BCUT2D eigenvalue weighted by Gasteiger charge is 2.20. The molecule has 1 heterocycles. The van der Waals surface area contributed by atoms with E-state index in [2.05, 4.69) is 15.6 Å². The molecule has 4 nitrogen and oxygen atoms in total. The Bertz CT molecular complexity index is 834. The Morgan fingerprint density at radius 1 is 1.05 bits per heavy atom. The fourth-order valence-corrected chi connectivity index (χ4v) is 2.31. The van der Waals surface area contributed by atoms with Crippen molar-refractivity contribution in [1.82, 2.24) is 10.3 Å². The van der Waals surface area contributed by atoms with E-state index in [1.807, 2.05) is 36.4 Å². The van der Waals surface area contributed by atoms with Crippen LogP contribution in [-0.4, -0.2) is 17.9 Å². The lowest BCUT2D eigenvalue weighted by Gasteiger charge is -2.14. The summed E-state index contributed by atoms with van der Waals surface area (Å²) in [6, 6.07) is 16.4. The molecule has 0 saturated heterocycles. The van der Waals surface area contributed by atoms with Gasteiger partial charge in [0.15, 0.2) is 0 Å². The highest BCUT2D eigenvalue weighted by molar-refractivity contribution is 6.08. The quantitative estimate of drug-likeness (QED) is 0.727. The molecule has 0 atom stereocenters. The fraction of sp³-hybridized carbons (Fsp3) is 0.0588. The molecule has 0 spiro atoms. The van der Waals surface area contributed by atoms with Gasteiger partial charge < -0.3 is 10.6 Å². The van der Waals surface area contributed by atoms with E-state index in [1.54, 1.807) is 18.2 Å². The second kappa shape index (κ2) is 5.81. The van der Waals surface area contributed by atoms with Gasteiger partial charge in [0.1, 0.15) is 5.56 Å². The molecule has 22 heavy (non-hydrogen) atoms. The SMILES string of the molecule is CNC(=O)c1c(F)nc2ccccc2c1Nc1ccccc1. The number of rotatable bonds is 3. The Kier molecular flexibility index (Phi) is 3.70. The molecule has 0 bridgehead atoms. The third-order valence-corrected chi connectivity index (χ3v) is 3.35. The first-order chi connectivity index (χ1) is 10.7. The summed E-state index contributed by atoms with van der Waals surface area (Å²) in [5.74, 6) is -1.31. The second-order valence-corrected chi connectivity index (χ2v) is 4.74. The molecular weight excluding hydrogens is 281 g/mol. The number of fused-ring (bicyclic) bond motifs is 1. The summed E-state index contributed by atoms with van der Waals surface area (Å²) in [6.45, 7) is 0. The largest absolute Gasteiger partial charge is 0.355 e. The van der Waals surface area contributed by atoms with Gasteiger partial charge in [-0.3, -0.25) is 4.79 Å². The topological polar surface area (TPSA) is 54.0 Å². The van der Waals surface area contributed by atoms with Crippen molar-refractivity contribution in [3.63, 3.8) is 0 Å². The van der Waals surface area contributed by atoms with E-state index in [1.165, 1.54) is 7.05 Å². The number of halogens is 1. The average molecular weight is 295 g/mol. The van der Waals surface area contributed by atoms with Crippen LogP contribution in [0.4, 0.5) is 15.8 Å². The molecule has 1 amide bonds. The smallest absolute Gasteiger partial charge is 0.257 e. The summed E-state index contributed by atoms with van der Waals surface area (Å²) >= 11 is 0. The van der Waals surface area contributed by atoms with Crippen LogP contribution < -0.4 is 10.6 Å². The van der Waals surface area contributed by atoms with Crippen molar-refractivity contribution >= 4 is 28.2 Å².